The third-order valence-corrected chi connectivity index (χ3v) is 6.76. The molecule has 3 aliphatic rings. The molecular formula is C23H31ClN2O4. The third kappa shape index (κ3) is 5.24. The summed E-state index contributed by atoms with van der Waals surface area (Å²) in [7, 11) is 0. The highest BCUT2D eigenvalue weighted by Crippen LogP contribution is 2.37. The number of carbonyl (C=O) groups excluding carboxylic acids is 1. The predicted octanol–water partition coefficient (Wildman–Crippen LogP) is 2.44. The number of piperazine rings is 1. The number of aliphatic hydroxyl groups excluding tert-OH is 1. The molecule has 2 aliphatic heterocycles. The van der Waals surface area contributed by atoms with Crippen LogP contribution in [-0.4, -0.2) is 85.4 Å². The maximum absolute atomic E-state index is 13.0. The second kappa shape index (κ2) is 10.2. The Hall–Kier alpha value is -1.44. The van der Waals surface area contributed by atoms with E-state index in [1.54, 1.807) is 18.4 Å². The fraction of sp³-hybridized carbons (Fsp3) is 0.609. The van der Waals surface area contributed by atoms with Crippen molar-refractivity contribution in [2.45, 2.75) is 31.5 Å². The van der Waals surface area contributed by atoms with E-state index in [4.69, 9.17) is 26.2 Å². The van der Waals surface area contributed by atoms with Crippen molar-refractivity contribution in [1.82, 2.24) is 9.80 Å². The van der Waals surface area contributed by atoms with E-state index in [-0.39, 0.29) is 30.5 Å². The van der Waals surface area contributed by atoms with Crippen molar-refractivity contribution in [2.75, 3.05) is 52.5 Å². The van der Waals surface area contributed by atoms with Gasteiger partial charge in [0.1, 0.15) is 6.10 Å². The number of ketones is 1. The van der Waals surface area contributed by atoms with Gasteiger partial charge >= 0.3 is 0 Å². The van der Waals surface area contributed by atoms with Gasteiger partial charge in [0.2, 0.25) is 0 Å². The minimum atomic E-state index is -0.0886. The number of hydrogen-bond acceptors (Lipinski definition) is 6. The summed E-state index contributed by atoms with van der Waals surface area (Å²) in [6.07, 6.45) is 4.16. The normalized spacial score (nSPS) is 28.0. The zero-order chi connectivity index (χ0) is 20.9. The molecular weight excluding hydrogens is 404 g/mol. The highest BCUT2D eigenvalue weighted by atomic mass is 35.5. The van der Waals surface area contributed by atoms with Crippen molar-refractivity contribution in [2.24, 2.45) is 5.92 Å². The summed E-state index contributed by atoms with van der Waals surface area (Å²) in [5.41, 5.74) is 1.51. The van der Waals surface area contributed by atoms with Crippen molar-refractivity contribution in [3.63, 3.8) is 0 Å². The quantitative estimate of drug-likeness (QED) is 0.711. The van der Waals surface area contributed by atoms with Gasteiger partial charge < -0.3 is 14.6 Å². The number of fused-ring (bicyclic) bond motifs is 1. The molecule has 1 N–H and O–H groups in total. The van der Waals surface area contributed by atoms with E-state index in [0.29, 0.717) is 17.2 Å². The number of aliphatic hydroxyl groups is 1. The molecule has 0 radical (unpaired) electrons. The lowest BCUT2D eigenvalue weighted by Crippen LogP contribution is -2.48. The van der Waals surface area contributed by atoms with E-state index in [1.165, 1.54) is 0 Å². The van der Waals surface area contributed by atoms with Gasteiger partial charge in [0.25, 0.3) is 0 Å². The molecule has 30 heavy (non-hydrogen) atoms. The van der Waals surface area contributed by atoms with Crippen molar-refractivity contribution in [3.8, 4) is 0 Å². The molecule has 0 bridgehead atoms. The summed E-state index contributed by atoms with van der Waals surface area (Å²) in [5, 5.41) is 9.69. The Labute approximate surface area is 183 Å². The van der Waals surface area contributed by atoms with Crippen LogP contribution < -0.4 is 0 Å². The Morgan fingerprint density at radius 2 is 1.77 bits per heavy atom. The predicted molar refractivity (Wildman–Crippen MR) is 116 cm³/mol. The van der Waals surface area contributed by atoms with E-state index in [0.717, 1.165) is 64.1 Å². The molecule has 4 rings (SSSR count). The Morgan fingerprint density at radius 1 is 1.07 bits per heavy atom. The van der Waals surface area contributed by atoms with Crippen LogP contribution in [0.1, 0.15) is 24.8 Å². The first-order valence-electron chi connectivity index (χ1n) is 11.0. The molecule has 164 valence electrons. The SMILES string of the molecule is O=C1C(c2ccc(Cl)cc2)=COC2CC(OCCN3CCN(CCO)CC3)CCC12. The number of hydrogen-bond donors (Lipinski definition) is 1. The molecule has 7 heteroatoms. The maximum Gasteiger partial charge on any atom is 0.173 e. The molecule has 1 saturated carbocycles. The first kappa shape index (κ1) is 21.8. The number of ether oxygens (including phenoxy) is 2. The topological polar surface area (TPSA) is 62.2 Å². The van der Waals surface area contributed by atoms with Crippen LogP contribution >= 0.6 is 11.6 Å². The van der Waals surface area contributed by atoms with Gasteiger partial charge in [0.15, 0.2) is 5.78 Å². The zero-order valence-electron chi connectivity index (χ0n) is 17.3. The van der Waals surface area contributed by atoms with Gasteiger partial charge in [-0.1, -0.05) is 23.7 Å². The number of carbonyl (C=O) groups is 1. The van der Waals surface area contributed by atoms with Gasteiger partial charge in [-0.05, 0) is 30.5 Å². The number of halogens is 1. The molecule has 1 aliphatic carbocycles. The largest absolute Gasteiger partial charge is 0.496 e. The summed E-state index contributed by atoms with van der Waals surface area (Å²) in [4.78, 5) is 17.7. The second-order valence-corrected chi connectivity index (χ2v) is 8.83. The average molecular weight is 435 g/mol. The molecule has 0 amide bonds. The lowest BCUT2D eigenvalue weighted by molar-refractivity contribution is -0.128. The molecule has 2 fully saturated rings. The molecule has 3 unspecified atom stereocenters. The Morgan fingerprint density at radius 3 is 2.47 bits per heavy atom. The van der Waals surface area contributed by atoms with Crippen LogP contribution in [0.2, 0.25) is 5.02 Å². The van der Waals surface area contributed by atoms with Gasteiger partial charge in [-0.25, -0.2) is 0 Å². The lowest BCUT2D eigenvalue weighted by atomic mass is 9.78. The summed E-state index contributed by atoms with van der Waals surface area (Å²) in [5.74, 6) is 0.0907. The van der Waals surface area contributed by atoms with Crippen LogP contribution in [0.25, 0.3) is 5.57 Å². The molecule has 3 atom stereocenters. The summed E-state index contributed by atoms with van der Waals surface area (Å²) in [6, 6.07) is 7.34. The minimum Gasteiger partial charge on any atom is -0.496 e. The number of rotatable bonds is 7. The molecule has 6 nitrogen and oxygen atoms in total. The third-order valence-electron chi connectivity index (χ3n) is 6.50. The van der Waals surface area contributed by atoms with Gasteiger partial charge in [0.05, 0.1) is 37.1 Å². The Balaban J connectivity index is 1.23. The fourth-order valence-electron chi connectivity index (χ4n) is 4.67. The first-order chi connectivity index (χ1) is 14.6. The van der Waals surface area contributed by atoms with Gasteiger partial charge in [-0.3, -0.25) is 14.6 Å². The Kier molecular flexibility index (Phi) is 7.44. The highest BCUT2D eigenvalue weighted by molar-refractivity contribution is 6.30. The summed E-state index contributed by atoms with van der Waals surface area (Å²) >= 11 is 5.96. The molecule has 1 aromatic carbocycles. The molecule has 0 spiro atoms. The van der Waals surface area contributed by atoms with Crippen molar-refractivity contribution >= 4 is 23.0 Å². The van der Waals surface area contributed by atoms with Gasteiger partial charge in [0, 0.05) is 50.7 Å². The standard InChI is InChI=1S/C23H31ClN2O4/c24-18-3-1-17(2-4-18)21-16-30-22-15-19(5-6-20(22)23(21)28)29-14-12-26-9-7-25(8-10-26)11-13-27/h1-4,16,19-20,22,27H,5-15H2. The van der Waals surface area contributed by atoms with Gasteiger partial charge in [-0.15, -0.1) is 0 Å². The zero-order valence-corrected chi connectivity index (χ0v) is 18.1. The highest BCUT2D eigenvalue weighted by Gasteiger charge is 2.40. The minimum absolute atomic E-state index is 0.0832. The maximum atomic E-state index is 13.0. The molecule has 2 heterocycles. The monoisotopic (exact) mass is 434 g/mol. The van der Waals surface area contributed by atoms with E-state index in [1.807, 2.05) is 12.1 Å². The van der Waals surface area contributed by atoms with Crippen molar-refractivity contribution in [1.29, 1.82) is 0 Å². The lowest BCUT2D eigenvalue weighted by Gasteiger charge is -2.38. The molecule has 0 aromatic heterocycles. The molecule has 1 aromatic rings. The van der Waals surface area contributed by atoms with Crippen molar-refractivity contribution in [3.05, 3.63) is 41.1 Å². The summed E-state index contributed by atoms with van der Waals surface area (Å²) < 4.78 is 12.1. The smallest absolute Gasteiger partial charge is 0.173 e. The summed E-state index contributed by atoms with van der Waals surface area (Å²) in [6.45, 7) is 6.69. The van der Waals surface area contributed by atoms with Crippen LogP contribution in [-0.2, 0) is 14.3 Å². The van der Waals surface area contributed by atoms with E-state index in [2.05, 4.69) is 9.80 Å². The number of allylic oxidation sites excluding steroid dienone is 1. The number of β-amino-alcohol motifs (C(OH)–C–C–N with tert-alkyl or cyclic N) is 1. The van der Waals surface area contributed by atoms with Crippen LogP contribution in [0.4, 0.5) is 0 Å². The van der Waals surface area contributed by atoms with Crippen molar-refractivity contribution < 1.29 is 19.4 Å². The fourth-order valence-corrected chi connectivity index (χ4v) is 4.80. The van der Waals surface area contributed by atoms with Crippen LogP contribution in [0, 0.1) is 5.92 Å². The van der Waals surface area contributed by atoms with Crippen LogP contribution in [0.15, 0.2) is 30.5 Å². The Bertz CT molecular complexity index is 746. The van der Waals surface area contributed by atoms with Gasteiger partial charge in [-0.2, -0.15) is 0 Å². The molecule has 1 saturated heterocycles. The van der Waals surface area contributed by atoms with Crippen LogP contribution in [0.5, 0.6) is 0 Å². The average Bonchev–Trinajstić information content (AvgIpc) is 2.76. The van der Waals surface area contributed by atoms with E-state index >= 15 is 0 Å². The number of nitrogens with zero attached hydrogens (tertiary/aromatic N) is 2. The van der Waals surface area contributed by atoms with Crippen LogP contribution in [0.3, 0.4) is 0 Å². The second-order valence-electron chi connectivity index (χ2n) is 8.40. The van der Waals surface area contributed by atoms with E-state index < -0.39 is 0 Å². The number of benzene rings is 1. The van der Waals surface area contributed by atoms with E-state index in [9.17, 15) is 4.79 Å². The first-order valence-corrected chi connectivity index (χ1v) is 11.3. The number of Topliss-reactive ketones (excluding diaryl/α,β-unsaturated/α-hetero) is 1.